The first-order valence-corrected chi connectivity index (χ1v) is 9.39. The number of hydrogen-bond donors (Lipinski definition) is 0. The SMILES string of the molecule is Cc1cc2oc(=O)cc(COC(=O)c3ccccc3Oc3cccnc3)c2cc1C. The Balaban J connectivity index is 1.59. The van der Waals surface area contributed by atoms with Crippen LogP contribution in [0.2, 0.25) is 0 Å². The molecular formula is C24H19NO5. The van der Waals surface area contributed by atoms with Crippen LogP contribution in [-0.4, -0.2) is 11.0 Å². The molecule has 150 valence electrons. The lowest BCUT2D eigenvalue weighted by Gasteiger charge is -2.12. The third-order valence-electron chi connectivity index (χ3n) is 4.77. The molecule has 0 amide bonds. The summed E-state index contributed by atoms with van der Waals surface area (Å²) in [5.41, 5.74) is 2.92. The molecule has 4 rings (SSSR count). The fourth-order valence-corrected chi connectivity index (χ4v) is 3.08. The lowest BCUT2D eigenvalue weighted by atomic mass is 10.0. The number of benzene rings is 2. The van der Waals surface area contributed by atoms with Crippen LogP contribution >= 0.6 is 0 Å². The number of esters is 1. The number of fused-ring (bicyclic) bond motifs is 1. The Morgan fingerprint density at radius 3 is 2.63 bits per heavy atom. The second-order valence-electron chi connectivity index (χ2n) is 6.89. The van der Waals surface area contributed by atoms with Gasteiger partial charge in [-0.1, -0.05) is 12.1 Å². The molecule has 0 N–H and O–H groups in total. The lowest BCUT2D eigenvalue weighted by Crippen LogP contribution is -2.09. The maximum absolute atomic E-state index is 12.8. The van der Waals surface area contributed by atoms with Gasteiger partial charge in [0, 0.05) is 23.2 Å². The van der Waals surface area contributed by atoms with E-state index in [0.29, 0.717) is 22.6 Å². The Hall–Kier alpha value is -3.93. The maximum Gasteiger partial charge on any atom is 0.342 e. The van der Waals surface area contributed by atoms with Crippen LogP contribution < -0.4 is 10.4 Å². The third-order valence-corrected chi connectivity index (χ3v) is 4.77. The van der Waals surface area contributed by atoms with E-state index in [9.17, 15) is 9.59 Å². The molecule has 0 aliphatic heterocycles. The van der Waals surface area contributed by atoms with Crippen LogP contribution in [0.5, 0.6) is 11.5 Å². The smallest absolute Gasteiger partial charge is 0.342 e. The molecule has 0 atom stereocenters. The molecule has 2 aromatic heterocycles. The molecule has 6 heteroatoms. The van der Waals surface area contributed by atoms with Crippen LogP contribution in [-0.2, 0) is 11.3 Å². The van der Waals surface area contributed by atoms with Gasteiger partial charge in [0.2, 0.25) is 0 Å². The summed E-state index contributed by atoms with van der Waals surface area (Å²) < 4.78 is 16.6. The third kappa shape index (κ3) is 4.07. The van der Waals surface area contributed by atoms with E-state index in [1.807, 2.05) is 26.0 Å². The summed E-state index contributed by atoms with van der Waals surface area (Å²) in [6.07, 6.45) is 3.19. The molecule has 0 aliphatic rings. The molecule has 6 nitrogen and oxygen atoms in total. The molecule has 2 heterocycles. The van der Waals surface area contributed by atoms with E-state index in [2.05, 4.69) is 4.98 Å². The number of nitrogens with zero attached hydrogens (tertiary/aromatic N) is 1. The standard InChI is InChI=1S/C24H19NO5/c1-15-10-20-17(12-23(26)30-22(20)11-16(15)2)14-28-24(27)19-7-3-4-8-21(19)29-18-6-5-9-25-13-18/h3-13H,14H2,1-2H3. The molecule has 0 radical (unpaired) electrons. The van der Waals surface area contributed by atoms with Crippen molar-refractivity contribution in [2.75, 3.05) is 0 Å². The van der Waals surface area contributed by atoms with E-state index in [1.54, 1.807) is 48.8 Å². The highest BCUT2D eigenvalue weighted by molar-refractivity contribution is 5.92. The van der Waals surface area contributed by atoms with Crippen LogP contribution in [0.15, 0.2) is 76.2 Å². The van der Waals surface area contributed by atoms with Gasteiger partial charge in [0.25, 0.3) is 0 Å². The Bertz CT molecular complexity index is 1280. The molecule has 2 aromatic carbocycles. The Morgan fingerprint density at radius 1 is 1.03 bits per heavy atom. The number of carbonyl (C=O) groups is 1. The monoisotopic (exact) mass is 401 g/mol. The van der Waals surface area contributed by atoms with Crippen molar-refractivity contribution >= 4 is 16.9 Å². The van der Waals surface area contributed by atoms with E-state index in [1.165, 1.54) is 6.07 Å². The van der Waals surface area contributed by atoms with Gasteiger partial charge in [-0.05, 0) is 61.4 Å². The van der Waals surface area contributed by atoms with Crippen LogP contribution in [0.25, 0.3) is 11.0 Å². The van der Waals surface area contributed by atoms with Crippen molar-refractivity contribution in [2.24, 2.45) is 0 Å². The maximum atomic E-state index is 12.8. The van der Waals surface area contributed by atoms with Crippen LogP contribution in [0.1, 0.15) is 27.0 Å². The summed E-state index contributed by atoms with van der Waals surface area (Å²) in [4.78, 5) is 28.7. The van der Waals surface area contributed by atoms with Crippen LogP contribution in [0.3, 0.4) is 0 Å². The van der Waals surface area contributed by atoms with E-state index in [4.69, 9.17) is 13.9 Å². The van der Waals surface area contributed by atoms with Crippen molar-refractivity contribution in [1.82, 2.24) is 4.98 Å². The second-order valence-corrected chi connectivity index (χ2v) is 6.89. The summed E-state index contributed by atoms with van der Waals surface area (Å²) in [5.74, 6) is 0.314. The van der Waals surface area contributed by atoms with Gasteiger partial charge in [-0.3, -0.25) is 4.98 Å². The summed E-state index contributed by atoms with van der Waals surface area (Å²) >= 11 is 0. The number of pyridine rings is 1. The molecule has 0 bridgehead atoms. The van der Waals surface area contributed by atoms with E-state index in [0.717, 1.165) is 16.5 Å². The zero-order chi connectivity index (χ0) is 21.1. The Kier molecular flexibility index (Phi) is 5.30. The van der Waals surface area contributed by atoms with Crippen molar-refractivity contribution in [1.29, 1.82) is 0 Å². The number of hydrogen-bond acceptors (Lipinski definition) is 6. The van der Waals surface area contributed by atoms with Crippen molar-refractivity contribution in [3.63, 3.8) is 0 Å². The highest BCUT2D eigenvalue weighted by atomic mass is 16.5. The lowest BCUT2D eigenvalue weighted by molar-refractivity contribution is 0.0471. The molecule has 0 saturated carbocycles. The molecule has 0 fully saturated rings. The second kappa shape index (κ2) is 8.21. The summed E-state index contributed by atoms with van der Waals surface area (Å²) in [5, 5.41) is 0.741. The number of aryl methyl sites for hydroxylation is 2. The number of carbonyl (C=O) groups excluding carboxylic acids is 1. The molecule has 30 heavy (non-hydrogen) atoms. The molecule has 0 aliphatic carbocycles. The van der Waals surface area contributed by atoms with Crippen molar-refractivity contribution in [2.45, 2.75) is 20.5 Å². The fraction of sp³-hybridized carbons (Fsp3) is 0.125. The first-order valence-electron chi connectivity index (χ1n) is 9.39. The van der Waals surface area contributed by atoms with Gasteiger partial charge in [0.05, 0.1) is 6.20 Å². The summed E-state index contributed by atoms with van der Waals surface area (Å²) in [6, 6.07) is 15.4. The van der Waals surface area contributed by atoms with Gasteiger partial charge in [-0.25, -0.2) is 9.59 Å². The number of para-hydroxylation sites is 1. The van der Waals surface area contributed by atoms with Crippen molar-refractivity contribution in [3.05, 3.63) is 99.7 Å². The highest BCUT2D eigenvalue weighted by Crippen LogP contribution is 2.26. The van der Waals surface area contributed by atoms with Gasteiger partial charge in [0.1, 0.15) is 29.3 Å². The van der Waals surface area contributed by atoms with Gasteiger partial charge in [-0.15, -0.1) is 0 Å². The predicted molar refractivity (Wildman–Crippen MR) is 112 cm³/mol. The topological polar surface area (TPSA) is 78.6 Å². The minimum absolute atomic E-state index is 0.0648. The van der Waals surface area contributed by atoms with Gasteiger partial charge in [0.15, 0.2) is 0 Å². The average Bonchev–Trinajstić information content (AvgIpc) is 2.74. The van der Waals surface area contributed by atoms with Crippen molar-refractivity contribution < 1.29 is 18.7 Å². The molecular weight excluding hydrogens is 382 g/mol. The number of ether oxygens (including phenoxy) is 2. The van der Waals surface area contributed by atoms with Crippen LogP contribution in [0.4, 0.5) is 0 Å². The van der Waals surface area contributed by atoms with Gasteiger partial charge >= 0.3 is 11.6 Å². The quantitative estimate of drug-likeness (QED) is 0.348. The largest absolute Gasteiger partial charge is 0.457 e. The normalized spacial score (nSPS) is 10.7. The van der Waals surface area contributed by atoms with E-state index < -0.39 is 11.6 Å². The summed E-state index contributed by atoms with van der Waals surface area (Å²) in [7, 11) is 0. The molecule has 0 spiro atoms. The van der Waals surface area contributed by atoms with Crippen LogP contribution in [0, 0.1) is 13.8 Å². The number of rotatable bonds is 5. The van der Waals surface area contributed by atoms with Gasteiger partial charge in [-0.2, -0.15) is 0 Å². The van der Waals surface area contributed by atoms with Crippen molar-refractivity contribution in [3.8, 4) is 11.5 Å². The molecule has 0 unspecified atom stereocenters. The fourth-order valence-electron chi connectivity index (χ4n) is 3.08. The van der Waals surface area contributed by atoms with E-state index >= 15 is 0 Å². The average molecular weight is 401 g/mol. The minimum atomic E-state index is -0.556. The Morgan fingerprint density at radius 2 is 1.83 bits per heavy atom. The molecule has 4 aromatic rings. The highest BCUT2D eigenvalue weighted by Gasteiger charge is 2.16. The first kappa shape index (κ1) is 19.4. The minimum Gasteiger partial charge on any atom is -0.457 e. The zero-order valence-corrected chi connectivity index (χ0v) is 16.5. The predicted octanol–water partition coefficient (Wildman–Crippen LogP) is 4.95. The van der Waals surface area contributed by atoms with Gasteiger partial charge < -0.3 is 13.9 Å². The number of aromatic nitrogens is 1. The van der Waals surface area contributed by atoms with E-state index in [-0.39, 0.29) is 12.2 Å². The zero-order valence-electron chi connectivity index (χ0n) is 16.5. The Labute approximate surface area is 172 Å². The molecule has 0 saturated heterocycles. The summed E-state index contributed by atoms with van der Waals surface area (Å²) in [6.45, 7) is 3.85. The first-order chi connectivity index (χ1) is 14.5.